The van der Waals surface area contributed by atoms with Crippen LogP contribution in [-0.2, 0) is 4.74 Å². The summed E-state index contributed by atoms with van der Waals surface area (Å²) in [7, 11) is 1.25. The van der Waals surface area contributed by atoms with E-state index in [-0.39, 0.29) is 34.6 Å². The number of aromatic nitrogens is 1. The summed E-state index contributed by atoms with van der Waals surface area (Å²) < 4.78 is 15.7. The van der Waals surface area contributed by atoms with E-state index in [0.29, 0.717) is 12.4 Å². The van der Waals surface area contributed by atoms with Gasteiger partial charge >= 0.3 is 11.9 Å². The summed E-state index contributed by atoms with van der Waals surface area (Å²) in [5.41, 5.74) is 1.71. The molecule has 1 saturated carbocycles. The number of carboxylic acids is 1. The molecule has 1 aliphatic carbocycles. The second-order valence-corrected chi connectivity index (χ2v) is 7.06. The lowest BCUT2D eigenvalue weighted by Crippen LogP contribution is -2.08. The first-order chi connectivity index (χ1) is 14.5. The van der Waals surface area contributed by atoms with Crippen LogP contribution in [0.15, 0.2) is 53.1 Å². The lowest BCUT2D eigenvalue weighted by Gasteiger charge is -2.11. The largest absolute Gasteiger partial charge is 0.507 e. The van der Waals surface area contributed by atoms with Gasteiger partial charge < -0.3 is 24.2 Å². The van der Waals surface area contributed by atoms with Crippen LogP contribution in [-0.4, -0.2) is 41.0 Å². The molecule has 0 saturated heterocycles. The number of aromatic carboxylic acids is 1. The van der Waals surface area contributed by atoms with E-state index in [0.717, 1.165) is 17.5 Å². The smallest absolute Gasteiger partial charge is 0.358 e. The van der Waals surface area contributed by atoms with Crippen LogP contribution < -0.4 is 4.74 Å². The van der Waals surface area contributed by atoms with E-state index in [1.807, 2.05) is 24.3 Å². The van der Waals surface area contributed by atoms with Gasteiger partial charge in [0.1, 0.15) is 17.1 Å². The van der Waals surface area contributed by atoms with Crippen molar-refractivity contribution < 1.29 is 33.8 Å². The summed E-state index contributed by atoms with van der Waals surface area (Å²) in [6.45, 7) is 0.383. The zero-order valence-corrected chi connectivity index (χ0v) is 16.1. The second kappa shape index (κ2) is 7.90. The summed E-state index contributed by atoms with van der Waals surface area (Å²) in [6, 6.07) is 13.7. The molecule has 0 aliphatic heterocycles. The lowest BCUT2D eigenvalue weighted by atomic mass is 10.0. The van der Waals surface area contributed by atoms with Crippen molar-refractivity contribution in [3.05, 3.63) is 65.4 Å². The Hall–Kier alpha value is -3.81. The van der Waals surface area contributed by atoms with Gasteiger partial charge in [0.05, 0.1) is 13.7 Å². The highest BCUT2D eigenvalue weighted by molar-refractivity contribution is 5.95. The van der Waals surface area contributed by atoms with Gasteiger partial charge in [0.25, 0.3) is 0 Å². The average molecular weight is 409 g/mol. The minimum absolute atomic E-state index is 0.0127. The first-order valence-electron chi connectivity index (χ1n) is 9.31. The Morgan fingerprint density at radius 1 is 1.20 bits per heavy atom. The Kier molecular flexibility index (Phi) is 5.14. The summed E-state index contributed by atoms with van der Waals surface area (Å²) in [6.07, 6.45) is 0.909. The van der Waals surface area contributed by atoms with Crippen molar-refractivity contribution >= 4 is 11.9 Å². The van der Waals surface area contributed by atoms with E-state index in [4.69, 9.17) is 19.1 Å². The molecule has 1 aliphatic rings. The van der Waals surface area contributed by atoms with Crippen molar-refractivity contribution in [2.75, 3.05) is 13.7 Å². The highest BCUT2D eigenvalue weighted by Gasteiger charge is 2.39. The lowest BCUT2D eigenvalue weighted by molar-refractivity contribution is 0.0591. The van der Waals surface area contributed by atoms with Crippen molar-refractivity contribution in [3.8, 4) is 22.8 Å². The molecule has 4 rings (SSSR count). The zero-order chi connectivity index (χ0) is 21.3. The van der Waals surface area contributed by atoms with Crippen molar-refractivity contribution in [2.24, 2.45) is 5.92 Å². The van der Waals surface area contributed by atoms with Crippen LogP contribution in [0.2, 0.25) is 0 Å². The average Bonchev–Trinajstić information content (AvgIpc) is 3.35. The van der Waals surface area contributed by atoms with E-state index in [2.05, 4.69) is 5.16 Å². The topological polar surface area (TPSA) is 119 Å². The number of ether oxygens (including phenoxy) is 2. The fourth-order valence-electron chi connectivity index (χ4n) is 3.42. The monoisotopic (exact) mass is 409 g/mol. The molecule has 0 radical (unpaired) electrons. The number of phenols is 1. The van der Waals surface area contributed by atoms with Crippen LogP contribution in [0.1, 0.15) is 38.7 Å². The number of methoxy groups -OCH3 is 1. The van der Waals surface area contributed by atoms with E-state index in [9.17, 15) is 14.7 Å². The fraction of sp³-hybridized carbons (Fsp3) is 0.227. The van der Waals surface area contributed by atoms with Gasteiger partial charge in [-0.2, -0.15) is 0 Å². The van der Waals surface area contributed by atoms with Crippen molar-refractivity contribution in [3.63, 3.8) is 0 Å². The minimum Gasteiger partial charge on any atom is -0.507 e. The molecule has 0 amide bonds. The number of esters is 1. The van der Waals surface area contributed by atoms with Crippen LogP contribution in [0.4, 0.5) is 0 Å². The number of phenolic OH excluding ortho intramolecular Hbond substituents is 1. The predicted octanol–water partition coefficient (Wildman–Crippen LogP) is 3.71. The van der Waals surface area contributed by atoms with Gasteiger partial charge in [-0.05, 0) is 36.1 Å². The van der Waals surface area contributed by atoms with E-state index < -0.39 is 11.9 Å². The Labute approximate surface area is 171 Å². The number of hydrogen-bond donors (Lipinski definition) is 2. The Morgan fingerprint density at radius 2 is 2.00 bits per heavy atom. The summed E-state index contributed by atoms with van der Waals surface area (Å²) in [5, 5.41) is 22.5. The van der Waals surface area contributed by atoms with Crippen molar-refractivity contribution in [2.45, 2.75) is 12.3 Å². The van der Waals surface area contributed by atoms with Crippen molar-refractivity contribution in [1.29, 1.82) is 0 Å². The molecular weight excluding hydrogens is 390 g/mol. The van der Waals surface area contributed by atoms with Gasteiger partial charge in [0, 0.05) is 17.5 Å². The first-order valence-corrected chi connectivity index (χ1v) is 9.31. The third kappa shape index (κ3) is 3.84. The molecule has 0 bridgehead atoms. The van der Waals surface area contributed by atoms with Crippen LogP contribution in [0.25, 0.3) is 11.3 Å². The molecule has 1 fully saturated rings. The number of carboxylic acid groups (broad SMARTS) is 1. The quantitative estimate of drug-likeness (QED) is 0.567. The van der Waals surface area contributed by atoms with Gasteiger partial charge in [-0.1, -0.05) is 29.4 Å². The first kappa shape index (κ1) is 19.5. The molecule has 2 aromatic carbocycles. The maximum absolute atomic E-state index is 11.9. The van der Waals surface area contributed by atoms with Gasteiger partial charge in [0.15, 0.2) is 11.5 Å². The van der Waals surface area contributed by atoms with Crippen LogP contribution >= 0.6 is 0 Å². The maximum atomic E-state index is 11.9. The van der Waals surface area contributed by atoms with E-state index >= 15 is 0 Å². The molecule has 3 aromatic rings. The summed E-state index contributed by atoms with van der Waals surface area (Å²) >= 11 is 0. The highest BCUT2D eigenvalue weighted by atomic mass is 16.5. The van der Waals surface area contributed by atoms with Gasteiger partial charge in [-0.15, -0.1) is 0 Å². The maximum Gasteiger partial charge on any atom is 0.358 e. The van der Waals surface area contributed by atoms with Crippen LogP contribution in [0.5, 0.6) is 11.5 Å². The number of carbonyl (C=O) groups is 2. The normalized spacial score (nSPS) is 17.4. The SMILES string of the molecule is COC(=O)c1c(O)cccc1OC[C@H]1C[C@@H]1c1cccc(-c2cc(C(=O)O)no2)c1. The van der Waals surface area contributed by atoms with E-state index in [1.165, 1.54) is 19.2 Å². The van der Waals surface area contributed by atoms with Crippen LogP contribution in [0.3, 0.4) is 0 Å². The molecule has 8 heteroatoms. The third-order valence-corrected chi connectivity index (χ3v) is 5.10. The number of aromatic hydroxyl groups is 1. The third-order valence-electron chi connectivity index (χ3n) is 5.10. The standard InChI is InChI=1S/C22H19NO7/c1-28-22(27)20-17(24)6-3-7-18(20)29-11-14-9-15(14)12-4-2-5-13(8-12)19-10-16(21(25)26)23-30-19/h2-8,10,14-15,24H,9,11H2,1H3,(H,25,26)/t14-,15-/m1/s1. The van der Waals surface area contributed by atoms with Gasteiger partial charge in [0.2, 0.25) is 0 Å². The number of rotatable bonds is 7. The molecule has 154 valence electrons. The molecule has 8 nitrogen and oxygen atoms in total. The zero-order valence-electron chi connectivity index (χ0n) is 16.1. The number of hydrogen-bond acceptors (Lipinski definition) is 7. The number of benzene rings is 2. The highest BCUT2D eigenvalue weighted by Crippen LogP contribution is 2.48. The predicted molar refractivity (Wildman–Crippen MR) is 105 cm³/mol. The Morgan fingerprint density at radius 3 is 2.73 bits per heavy atom. The van der Waals surface area contributed by atoms with Gasteiger partial charge in [-0.3, -0.25) is 0 Å². The number of carbonyl (C=O) groups excluding carboxylic acids is 1. The molecule has 1 aromatic heterocycles. The molecular formula is C22H19NO7. The van der Waals surface area contributed by atoms with Crippen LogP contribution in [0, 0.1) is 5.92 Å². The minimum atomic E-state index is -1.14. The molecule has 2 atom stereocenters. The Balaban J connectivity index is 1.44. The summed E-state index contributed by atoms with van der Waals surface area (Å²) in [4.78, 5) is 22.9. The molecule has 30 heavy (non-hydrogen) atoms. The van der Waals surface area contributed by atoms with E-state index in [1.54, 1.807) is 12.1 Å². The van der Waals surface area contributed by atoms with Gasteiger partial charge in [-0.25, -0.2) is 9.59 Å². The molecule has 1 heterocycles. The number of nitrogens with zero attached hydrogens (tertiary/aromatic N) is 1. The second-order valence-electron chi connectivity index (χ2n) is 7.06. The molecule has 0 spiro atoms. The fourth-order valence-corrected chi connectivity index (χ4v) is 3.42. The van der Waals surface area contributed by atoms with Crippen molar-refractivity contribution in [1.82, 2.24) is 5.16 Å². The Bertz CT molecular complexity index is 1100. The molecule has 2 N–H and O–H groups in total. The summed E-state index contributed by atoms with van der Waals surface area (Å²) in [5.74, 6) is -0.792. The molecule has 0 unspecified atom stereocenters.